The van der Waals surface area contributed by atoms with Gasteiger partial charge in [-0.05, 0) is 38.0 Å². The van der Waals surface area contributed by atoms with Gasteiger partial charge in [0.1, 0.15) is 0 Å². The molecule has 0 aliphatic carbocycles. The lowest BCUT2D eigenvalue weighted by Gasteiger charge is -2.17. The average Bonchev–Trinajstić information content (AvgIpc) is 2.84. The van der Waals surface area contributed by atoms with Crippen molar-refractivity contribution in [3.8, 4) is 0 Å². The van der Waals surface area contributed by atoms with Gasteiger partial charge in [-0.3, -0.25) is 4.68 Å². The Hall–Kier alpha value is -1.48. The van der Waals surface area contributed by atoms with Crippen LogP contribution in [-0.4, -0.2) is 9.78 Å². The highest BCUT2D eigenvalue weighted by Crippen LogP contribution is 2.24. The molecular formula is C15H20ClN3. The van der Waals surface area contributed by atoms with Crippen molar-refractivity contribution in [2.24, 2.45) is 0 Å². The average molecular weight is 278 g/mol. The molecule has 1 aromatic heterocycles. The van der Waals surface area contributed by atoms with Crippen LogP contribution in [0.1, 0.15) is 44.8 Å². The second kappa shape index (κ2) is 6.11. The minimum absolute atomic E-state index is 0.253. The SMILES string of the molecule is CCC(Nc1cnn(C(C)C)c1)c1cccc(Cl)c1. The lowest BCUT2D eigenvalue weighted by molar-refractivity contribution is 0.532. The van der Waals surface area contributed by atoms with E-state index in [0.29, 0.717) is 6.04 Å². The molecule has 1 unspecified atom stereocenters. The van der Waals surface area contributed by atoms with Crippen molar-refractivity contribution in [1.82, 2.24) is 9.78 Å². The van der Waals surface area contributed by atoms with Gasteiger partial charge in [0.25, 0.3) is 0 Å². The molecule has 0 fully saturated rings. The Labute approximate surface area is 119 Å². The second-order valence-electron chi connectivity index (χ2n) is 4.96. The van der Waals surface area contributed by atoms with Crippen LogP contribution in [0.25, 0.3) is 0 Å². The van der Waals surface area contributed by atoms with Crippen LogP contribution < -0.4 is 5.32 Å². The molecule has 0 amide bonds. The summed E-state index contributed by atoms with van der Waals surface area (Å²) in [5.41, 5.74) is 2.24. The van der Waals surface area contributed by atoms with E-state index < -0.39 is 0 Å². The van der Waals surface area contributed by atoms with Crippen LogP contribution in [-0.2, 0) is 0 Å². The Balaban J connectivity index is 2.14. The third-order valence-electron chi connectivity index (χ3n) is 3.13. The number of rotatable bonds is 5. The monoisotopic (exact) mass is 277 g/mol. The van der Waals surface area contributed by atoms with E-state index in [2.05, 4.69) is 37.3 Å². The molecule has 2 aromatic rings. The molecule has 0 bridgehead atoms. The number of hydrogen-bond acceptors (Lipinski definition) is 2. The molecule has 1 heterocycles. The Morgan fingerprint density at radius 2 is 2.16 bits per heavy atom. The van der Waals surface area contributed by atoms with E-state index in [0.717, 1.165) is 17.1 Å². The maximum absolute atomic E-state index is 6.05. The van der Waals surface area contributed by atoms with Crippen LogP contribution in [0.3, 0.4) is 0 Å². The van der Waals surface area contributed by atoms with Gasteiger partial charge in [-0.2, -0.15) is 5.10 Å². The Morgan fingerprint density at radius 1 is 1.37 bits per heavy atom. The molecule has 3 nitrogen and oxygen atoms in total. The first kappa shape index (κ1) is 13.9. The number of hydrogen-bond donors (Lipinski definition) is 1. The Bertz CT molecular complexity index is 534. The van der Waals surface area contributed by atoms with E-state index in [-0.39, 0.29) is 6.04 Å². The molecule has 0 spiro atoms. The third kappa shape index (κ3) is 3.51. The first-order valence-electron chi connectivity index (χ1n) is 6.66. The van der Waals surface area contributed by atoms with Crippen molar-refractivity contribution in [3.63, 3.8) is 0 Å². The Kier molecular flexibility index (Phi) is 4.48. The maximum atomic E-state index is 6.05. The van der Waals surface area contributed by atoms with Gasteiger partial charge >= 0.3 is 0 Å². The summed E-state index contributed by atoms with van der Waals surface area (Å²) >= 11 is 6.05. The summed E-state index contributed by atoms with van der Waals surface area (Å²) in [6.45, 7) is 6.39. The van der Waals surface area contributed by atoms with Crippen molar-refractivity contribution >= 4 is 17.3 Å². The number of aromatic nitrogens is 2. The lowest BCUT2D eigenvalue weighted by atomic mass is 10.0. The highest BCUT2D eigenvalue weighted by atomic mass is 35.5. The predicted molar refractivity (Wildman–Crippen MR) is 80.7 cm³/mol. The highest BCUT2D eigenvalue weighted by molar-refractivity contribution is 6.30. The van der Waals surface area contributed by atoms with Gasteiger partial charge in [-0.25, -0.2) is 0 Å². The summed E-state index contributed by atoms with van der Waals surface area (Å²) in [5, 5.41) is 8.62. The quantitative estimate of drug-likeness (QED) is 0.860. The van der Waals surface area contributed by atoms with Crippen LogP contribution in [0, 0.1) is 0 Å². The smallest absolute Gasteiger partial charge is 0.0731 e. The van der Waals surface area contributed by atoms with E-state index >= 15 is 0 Å². The van der Waals surface area contributed by atoms with E-state index in [1.165, 1.54) is 5.56 Å². The van der Waals surface area contributed by atoms with Gasteiger partial charge < -0.3 is 5.32 Å². The third-order valence-corrected chi connectivity index (χ3v) is 3.37. The zero-order valence-corrected chi connectivity index (χ0v) is 12.4. The molecule has 0 saturated heterocycles. The van der Waals surface area contributed by atoms with Gasteiger partial charge in [0.2, 0.25) is 0 Å². The molecule has 19 heavy (non-hydrogen) atoms. The summed E-state index contributed by atoms with van der Waals surface area (Å²) in [5.74, 6) is 0. The fourth-order valence-corrected chi connectivity index (χ4v) is 2.24. The summed E-state index contributed by atoms with van der Waals surface area (Å²) in [6, 6.07) is 8.62. The van der Waals surface area contributed by atoms with Gasteiger partial charge in [0.15, 0.2) is 0 Å². The van der Waals surface area contributed by atoms with E-state index in [9.17, 15) is 0 Å². The molecule has 1 aromatic carbocycles. The molecule has 0 radical (unpaired) electrons. The minimum atomic E-state index is 0.253. The molecule has 1 N–H and O–H groups in total. The number of benzene rings is 1. The van der Waals surface area contributed by atoms with E-state index in [1.54, 1.807) is 0 Å². The van der Waals surface area contributed by atoms with Crippen molar-refractivity contribution in [2.75, 3.05) is 5.32 Å². The van der Waals surface area contributed by atoms with Gasteiger partial charge in [-0.15, -0.1) is 0 Å². The van der Waals surface area contributed by atoms with Crippen LogP contribution in [0.15, 0.2) is 36.7 Å². The molecular weight excluding hydrogens is 258 g/mol. The first-order chi connectivity index (χ1) is 9.10. The van der Waals surface area contributed by atoms with E-state index in [4.69, 9.17) is 11.6 Å². The summed E-state index contributed by atoms with van der Waals surface area (Å²) < 4.78 is 1.95. The zero-order valence-electron chi connectivity index (χ0n) is 11.6. The standard InChI is InChI=1S/C15H20ClN3/c1-4-15(12-6-5-7-13(16)8-12)18-14-9-17-19(10-14)11(2)3/h5-11,15,18H,4H2,1-3H3. The second-order valence-corrected chi connectivity index (χ2v) is 5.40. The fourth-order valence-electron chi connectivity index (χ4n) is 2.04. The van der Waals surface area contributed by atoms with Crippen LogP contribution in [0.4, 0.5) is 5.69 Å². The highest BCUT2D eigenvalue weighted by Gasteiger charge is 2.11. The zero-order chi connectivity index (χ0) is 13.8. The number of nitrogens with one attached hydrogen (secondary N) is 1. The van der Waals surface area contributed by atoms with Crippen molar-refractivity contribution < 1.29 is 0 Å². The summed E-state index contributed by atoms with van der Waals surface area (Å²) in [7, 11) is 0. The number of anilines is 1. The predicted octanol–water partition coefficient (Wildman–Crippen LogP) is 4.68. The van der Waals surface area contributed by atoms with Gasteiger partial charge in [-0.1, -0.05) is 30.7 Å². The van der Waals surface area contributed by atoms with Crippen molar-refractivity contribution in [2.45, 2.75) is 39.3 Å². The molecule has 4 heteroatoms. The van der Waals surface area contributed by atoms with Crippen LogP contribution >= 0.6 is 11.6 Å². The molecule has 2 rings (SSSR count). The lowest BCUT2D eigenvalue weighted by Crippen LogP contribution is -2.09. The summed E-state index contributed by atoms with van der Waals surface area (Å²) in [6.07, 6.45) is 4.90. The molecule has 1 atom stereocenters. The first-order valence-corrected chi connectivity index (χ1v) is 7.04. The maximum Gasteiger partial charge on any atom is 0.0731 e. The largest absolute Gasteiger partial charge is 0.376 e. The molecule has 102 valence electrons. The van der Waals surface area contributed by atoms with Gasteiger partial charge in [0.05, 0.1) is 17.9 Å². The summed E-state index contributed by atoms with van der Waals surface area (Å²) in [4.78, 5) is 0. The number of nitrogens with zero attached hydrogens (tertiary/aromatic N) is 2. The molecule has 0 aliphatic heterocycles. The molecule has 0 saturated carbocycles. The normalized spacial score (nSPS) is 12.7. The fraction of sp³-hybridized carbons (Fsp3) is 0.400. The van der Waals surface area contributed by atoms with Crippen molar-refractivity contribution in [1.29, 1.82) is 0 Å². The topological polar surface area (TPSA) is 29.9 Å². The Morgan fingerprint density at radius 3 is 2.74 bits per heavy atom. The van der Waals surface area contributed by atoms with E-state index in [1.807, 2.05) is 35.3 Å². The minimum Gasteiger partial charge on any atom is -0.376 e. The van der Waals surface area contributed by atoms with Crippen LogP contribution in [0.2, 0.25) is 5.02 Å². The molecule has 0 aliphatic rings. The van der Waals surface area contributed by atoms with Crippen molar-refractivity contribution in [3.05, 3.63) is 47.2 Å². The van der Waals surface area contributed by atoms with Gasteiger partial charge in [0, 0.05) is 17.3 Å². The number of halogens is 1. The van der Waals surface area contributed by atoms with Crippen LogP contribution in [0.5, 0.6) is 0 Å².